The van der Waals surface area contributed by atoms with Crippen molar-refractivity contribution in [1.29, 1.82) is 0 Å². The monoisotopic (exact) mass is 251 g/mol. The zero-order valence-corrected chi connectivity index (χ0v) is 11.9. The van der Waals surface area contributed by atoms with Crippen LogP contribution in [0.2, 0.25) is 0 Å². The van der Waals surface area contributed by atoms with Crippen LogP contribution in [-0.2, 0) is 11.2 Å². The summed E-state index contributed by atoms with van der Waals surface area (Å²) in [5, 5.41) is 0. The highest BCUT2D eigenvalue weighted by atomic mass is 32.2. The average molecular weight is 251 g/mol. The van der Waals surface area contributed by atoms with Crippen molar-refractivity contribution in [3.8, 4) is 0 Å². The second-order valence-electron chi connectivity index (χ2n) is 4.21. The summed E-state index contributed by atoms with van der Waals surface area (Å²) < 4.78 is 0. The second-order valence-corrected chi connectivity index (χ2v) is 5.09. The van der Waals surface area contributed by atoms with Crippen LogP contribution in [0, 0.1) is 0 Å². The van der Waals surface area contributed by atoms with Gasteiger partial charge in [-0.2, -0.15) is 0 Å². The van der Waals surface area contributed by atoms with Gasteiger partial charge in [-0.1, -0.05) is 12.1 Å². The summed E-state index contributed by atoms with van der Waals surface area (Å²) in [6, 6.07) is 8.83. The van der Waals surface area contributed by atoms with E-state index in [9.17, 15) is 4.79 Å². The van der Waals surface area contributed by atoms with Gasteiger partial charge in [0.15, 0.2) is 0 Å². The van der Waals surface area contributed by atoms with Crippen molar-refractivity contribution < 1.29 is 4.79 Å². The van der Waals surface area contributed by atoms with Crippen LogP contribution in [0.3, 0.4) is 0 Å². The molecule has 0 aromatic heterocycles. The van der Waals surface area contributed by atoms with Crippen molar-refractivity contribution >= 4 is 17.7 Å². The highest BCUT2D eigenvalue weighted by molar-refractivity contribution is 7.98. The van der Waals surface area contributed by atoms with E-state index in [0.717, 1.165) is 13.0 Å². The van der Waals surface area contributed by atoms with Gasteiger partial charge in [0.05, 0.1) is 0 Å². The predicted molar refractivity (Wildman–Crippen MR) is 74.5 cm³/mol. The standard InChI is InChI=1S/C14H21NOS/c1-5-15(12(3)16)11(2)10-13-6-8-14(17-4)9-7-13/h6-9,11H,5,10H2,1-4H3. The molecule has 2 nitrogen and oxygen atoms in total. The third kappa shape index (κ3) is 4.08. The van der Waals surface area contributed by atoms with Gasteiger partial charge in [0.25, 0.3) is 0 Å². The van der Waals surface area contributed by atoms with Crippen LogP contribution in [0.25, 0.3) is 0 Å². The van der Waals surface area contributed by atoms with Gasteiger partial charge in [0.2, 0.25) is 5.91 Å². The van der Waals surface area contributed by atoms with E-state index in [0.29, 0.717) is 0 Å². The van der Waals surface area contributed by atoms with E-state index in [2.05, 4.69) is 37.4 Å². The van der Waals surface area contributed by atoms with E-state index in [1.165, 1.54) is 10.5 Å². The molecule has 1 aromatic carbocycles. The minimum absolute atomic E-state index is 0.153. The Hall–Kier alpha value is -0.960. The lowest BCUT2D eigenvalue weighted by atomic mass is 10.1. The summed E-state index contributed by atoms with van der Waals surface area (Å²) in [4.78, 5) is 14.6. The molecule has 0 heterocycles. The quantitative estimate of drug-likeness (QED) is 0.749. The Balaban J connectivity index is 2.66. The van der Waals surface area contributed by atoms with Crippen LogP contribution in [0.5, 0.6) is 0 Å². The lowest BCUT2D eigenvalue weighted by Gasteiger charge is -2.27. The summed E-state index contributed by atoms with van der Waals surface area (Å²) in [6.45, 7) is 6.54. The largest absolute Gasteiger partial charge is 0.340 e. The van der Waals surface area contributed by atoms with Gasteiger partial charge in [-0.15, -0.1) is 11.8 Å². The first-order valence-corrected chi connectivity index (χ1v) is 7.21. The van der Waals surface area contributed by atoms with Gasteiger partial charge in [0, 0.05) is 24.4 Å². The number of carbonyl (C=O) groups is 1. The molecule has 3 heteroatoms. The average Bonchev–Trinajstić information content (AvgIpc) is 2.30. The van der Waals surface area contributed by atoms with Crippen molar-refractivity contribution in [1.82, 2.24) is 4.90 Å². The smallest absolute Gasteiger partial charge is 0.219 e. The Labute approximate surface area is 108 Å². The molecule has 0 N–H and O–H groups in total. The SMILES string of the molecule is CCN(C(C)=O)C(C)Cc1ccc(SC)cc1. The Bertz CT molecular complexity index is 361. The van der Waals surface area contributed by atoms with Crippen LogP contribution in [0.4, 0.5) is 0 Å². The minimum Gasteiger partial charge on any atom is -0.340 e. The number of benzene rings is 1. The van der Waals surface area contributed by atoms with Crippen LogP contribution in [0.1, 0.15) is 26.3 Å². The molecule has 0 aliphatic rings. The first kappa shape index (κ1) is 14.1. The maximum Gasteiger partial charge on any atom is 0.219 e. The van der Waals surface area contributed by atoms with Crippen LogP contribution >= 0.6 is 11.8 Å². The molecule has 1 unspecified atom stereocenters. The number of hydrogen-bond acceptors (Lipinski definition) is 2. The summed E-state index contributed by atoms with van der Waals surface area (Å²) in [5.74, 6) is 0.153. The fourth-order valence-corrected chi connectivity index (χ4v) is 2.47. The van der Waals surface area contributed by atoms with Crippen molar-refractivity contribution in [2.45, 2.75) is 38.1 Å². The molecule has 1 atom stereocenters. The van der Waals surface area contributed by atoms with E-state index in [-0.39, 0.29) is 11.9 Å². The molecule has 1 amide bonds. The molecular formula is C14H21NOS. The molecule has 1 aromatic rings. The number of nitrogens with zero attached hydrogens (tertiary/aromatic N) is 1. The Morgan fingerprint density at radius 1 is 1.35 bits per heavy atom. The highest BCUT2D eigenvalue weighted by Gasteiger charge is 2.14. The number of hydrogen-bond donors (Lipinski definition) is 0. The molecule has 17 heavy (non-hydrogen) atoms. The van der Waals surface area contributed by atoms with Gasteiger partial charge in [-0.25, -0.2) is 0 Å². The Morgan fingerprint density at radius 3 is 2.35 bits per heavy atom. The maximum atomic E-state index is 11.4. The van der Waals surface area contributed by atoms with Crippen LogP contribution < -0.4 is 0 Å². The molecule has 0 fully saturated rings. The summed E-state index contributed by atoms with van der Waals surface area (Å²) >= 11 is 1.75. The summed E-state index contributed by atoms with van der Waals surface area (Å²) in [5.41, 5.74) is 1.29. The summed E-state index contributed by atoms with van der Waals surface area (Å²) in [6.07, 6.45) is 2.99. The predicted octanol–water partition coefficient (Wildman–Crippen LogP) is 3.21. The first-order valence-electron chi connectivity index (χ1n) is 5.98. The Morgan fingerprint density at radius 2 is 1.94 bits per heavy atom. The fraction of sp³-hybridized carbons (Fsp3) is 0.500. The summed E-state index contributed by atoms with van der Waals surface area (Å²) in [7, 11) is 0. The van der Waals surface area contributed by atoms with Crippen LogP contribution in [-0.4, -0.2) is 29.6 Å². The maximum absolute atomic E-state index is 11.4. The lowest BCUT2D eigenvalue weighted by molar-refractivity contribution is -0.130. The number of carbonyl (C=O) groups excluding carboxylic acids is 1. The van der Waals surface area contributed by atoms with Crippen molar-refractivity contribution in [3.05, 3.63) is 29.8 Å². The molecule has 1 rings (SSSR count). The fourth-order valence-electron chi connectivity index (χ4n) is 2.06. The minimum atomic E-state index is 0.153. The van der Waals surface area contributed by atoms with Crippen molar-refractivity contribution in [2.75, 3.05) is 12.8 Å². The van der Waals surface area contributed by atoms with E-state index < -0.39 is 0 Å². The molecule has 0 bridgehead atoms. The van der Waals surface area contributed by atoms with Gasteiger partial charge in [-0.3, -0.25) is 4.79 Å². The second kappa shape index (κ2) is 6.70. The van der Waals surface area contributed by atoms with Gasteiger partial charge >= 0.3 is 0 Å². The van der Waals surface area contributed by atoms with E-state index in [1.807, 2.05) is 11.8 Å². The molecule has 0 aliphatic carbocycles. The molecule has 0 saturated carbocycles. The number of rotatable bonds is 5. The number of likely N-dealkylation sites (N-methyl/N-ethyl adjacent to an activating group) is 1. The normalized spacial score (nSPS) is 12.2. The van der Waals surface area contributed by atoms with Gasteiger partial charge in [-0.05, 0) is 44.2 Å². The Kier molecular flexibility index (Phi) is 5.56. The molecule has 94 valence electrons. The van der Waals surface area contributed by atoms with E-state index >= 15 is 0 Å². The van der Waals surface area contributed by atoms with Gasteiger partial charge in [0.1, 0.15) is 0 Å². The molecule has 0 radical (unpaired) electrons. The van der Waals surface area contributed by atoms with Crippen LogP contribution in [0.15, 0.2) is 29.2 Å². The first-order chi connectivity index (χ1) is 8.08. The molecule has 0 aliphatic heterocycles. The number of thioether (sulfide) groups is 1. The topological polar surface area (TPSA) is 20.3 Å². The van der Waals surface area contributed by atoms with Crippen molar-refractivity contribution in [2.24, 2.45) is 0 Å². The highest BCUT2D eigenvalue weighted by Crippen LogP contribution is 2.16. The third-order valence-corrected chi connectivity index (χ3v) is 3.71. The van der Waals surface area contributed by atoms with E-state index in [4.69, 9.17) is 0 Å². The van der Waals surface area contributed by atoms with Gasteiger partial charge < -0.3 is 4.90 Å². The van der Waals surface area contributed by atoms with E-state index in [1.54, 1.807) is 18.7 Å². The number of amides is 1. The lowest BCUT2D eigenvalue weighted by Crippen LogP contribution is -2.38. The zero-order valence-electron chi connectivity index (χ0n) is 11.1. The van der Waals surface area contributed by atoms with Crippen molar-refractivity contribution in [3.63, 3.8) is 0 Å². The third-order valence-electron chi connectivity index (χ3n) is 2.97. The zero-order chi connectivity index (χ0) is 12.8. The molecule has 0 spiro atoms. The molecule has 0 saturated heterocycles. The molecular weight excluding hydrogens is 230 g/mol.